The van der Waals surface area contributed by atoms with E-state index in [1.54, 1.807) is 24.9 Å². The zero-order chi connectivity index (χ0) is 22.2. The molecule has 4 rings (SSSR count). The Morgan fingerprint density at radius 2 is 1.87 bits per heavy atom. The molecule has 1 saturated heterocycles. The summed E-state index contributed by atoms with van der Waals surface area (Å²) in [5.41, 5.74) is 0.476. The Kier molecular flexibility index (Phi) is 5.56. The molecule has 0 saturated carbocycles. The highest BCUT2D eigenvalue weighted by atomic mass is 16.2. The molecule has 8 nitrogen and oxygen atoms in total. The van der Waals surface area contributed by atoms with Gasteiger partial charge in [-0.25, -0.2) is 0 Å². The lowest BCUT2D eigenvalue weighted by atomic mass is 9.95. The topological polar surface area (TPSA) is 87.5 Å². The van der Waals surface area contributed by atoms with Crippen LogP contribution in [0, 0.1) is 5.92 Å². The molecule has 1 aromatic heterocycles. The van der Waals surface area contributed by atoms with Gasteiger partial charge in [0.15, 0.2) is 5.69 Å². The second-order valence-electron chi connectivity index (χ2n) is 8.85. The molecule has 1 aromatic carbocycles. The summed E-state index contributed by atoms with van der Waals surface area (Å²) in [6.45, 7) is 5.89. The van der Waals surface area contributed by atoms with Crippen LogP contribution in [0.2, 0.25) is 0 Å². The summed E-state index contributed by atoms with van der Waals surface area (Å²) in [5, 5.41) is 7.35. The molecule has 8 heteroatoms. The number of rotatable bonds is 4. The monoisotopic (exact) mass is 423 g/mol. The normalized spacial score (nSPS) is 21.7. The Morgan fingerprint density at radius 1 is 1.19 bits per heavy atom. The van der Waals surface area contributed by atoms with Crippen molar-refractivity contribution in [3.05, 3.63) is 53.3 Å². The Hall–Kier alpha value is -3.16. The van der Waals surface area contributed by atoms with Gasteiger partial charge in [0, 0.05) is 32.7 Å². The predicted octanol–water partition coefficient (Wildman–Crippen LogP) is 1.92. The standard InChI is InChI=1S/C23H29N5O3/c1-16-9-11-27(12-10-16)20(29)18-13-19-21(30)26(3)23(2,15-28(19)25-18)22(31)24-14-17-7-5-4-6-8-17/h4-8,13,16H,9-12,14-15H2,1-3H3,(H,24,31). The number of benzene rings is 1. The molecule has 0 spiro atoms. The van der Waals surface area contributed by atoms with E-state index in [1.807, 2.05) is 30.3 Å². The molecule has 3 heterocycles. The van der Waals surface area contributed by atoms with Crippen LogP contribution in [-0.2, 0) is 17.9 Å². The Morgan fingerprint density at radius 3 is 2.55 bits per heavy atom. The largest absolute Gasteiger partial charge is 0.350 e. The molecular weight excluding hydrogens is 394 g/mol. The number of nitrogens with one attached hydrogen (secondary N) is 1. The summed E-state index contributed by atoms with van der Waals surface area (Å²) in [4.78, 5) is 42.2. The van der Waals surface area contributed by atoms with Gasteiger partial charge in [0.25, 0.3) is 11.8 Å². The third kappa shape index (κ3) is 3.94. The van der Waals surface area contributed by atoms with E-state index in [1.165, 1.54) is 9.58 Å². The van der Waals surface area contributed by atoms with Crippen molar-refractivity contribution < 1.29 is 14.4 Å². The van der Waals surface area contributed by atoms with Crippen LogP contribution in [0.3, 0.4) is 0 Å². The van der Waals surface area contributed by atoms with Gasteiger partial charge in [-0.15, -0.1) is 0 Å². The van der Waals surface area contributed by atoms with Crippen molar-refractivity contribution in [2.24, 2.45) is 5.92 Å². The highest BCUT2D eigenvalue weighted by Gasteiger charge is 2.46. The second-order valence-corrected chi connectivity index (χ2v) is 8.85. The van der Waals surface area contributed by atoms with E-state index in [4.69, 9.17) is 0 Å². The maximum Gasteiger partial charge on any atom is 0.274 e. The van der Waals surface area contributed by atoms with Crippen LogP contribution < -0.4 is 5.32 Å². The van der Waals surface area contributed by atoms with Crippen molar-refractivity contribution in [2.45, 2.75) is 45.3 Å². The first-order valence-electron chi connectivity index (χ1n) is 10.8. The molecule has 1 unspecified atom stereocenters. The summed E-state index contributed by atoms with van der Waals surface area (Å²) in [5.74, 6) is -0.113. The summed E-state index contributed by atoms with van der Waals surface area (Å²) >= 11 is 0. The van der Waals surface area contributed by atoms with Crippen molar-refractivity contribution in [2.75, 3.05) is 20.1 Å². The maximum atomic E-state index is 13.1. The second kappa shape index (κ2) is 8.17. The number of carbonyl (C=O) groups excluding carboxylic acids is 3. The van der Waals surface area contributed by atoms with Gasteiger partial charge < -0.3 is 15.1 Å². The van der Waals surface area contributed by atoms with E-state index in [9.17, 15) is 14.4 Å². The van der Waals surface area contributed by atoms with E-state index in [2.05, 4.69) is 17.3 Å². The van der Waals surface area contributed by atoms with Crippen molar-refractivity contribution in [3.8, 4) is 0 Å². The zero-order valence-corrected chi connectivity index (χ0v) is 18.3. The molecule has 1 atom stereocenters. The Labute approximate surface area is 182 Å². The minimum atomic E-state index is -1.11. The fraction of sp³-hybridized carbons (Fsp3) is 0.478. The van der Waals surface area contributed by atoms with Crippen LogP contribution in [-0.4, -0.2) is 63.0 Å². The summed E-state index contributed by atoms with van der Waals surface area (Å²) in [7, 11) is 1.62. The van der Waals surface area contributed by atoms with Crippen LogP contribution in [0.4, 0.5) is 0 Å². The minimum Gasteiger partial charge on any atom is -0.350 e. The molecule has 0 bridgehead atoms. The molecule has 0 aliphatic carbocycles. The third-order valence-electron chi connectivity index (χ3n) is 6.58. The number of piperidine rings is 1. The van der Waals surface area contributed by atoms with Gasteiger partial charge in [-0.1, -0.05) is 37.3 Å². The molecule has 2 aromatic rings. The van der Waals surface area contributed by atoms with Gasteiger partial charge in [0.05, 0.1) is 6.54 Å². The number of nitrogens with zero attached hydrogens (tertiary/aromatic N) is 4. The highest BCUT2D eigenvalue weighted by Crippen LogP contribution is 2.27. The Bertz CT molecular complexity index is 994. The van der Waals surface area contributed by atoms with E-state index in [-0.39, 0.29) is 30.0 Å². The molecule has 2 aliphatic heterocycles. The molecule has 1 N–H and O–H groups in total. The number of hydrogen-bond acceptors (Lipinski definition) is 4. The molecular formula is C23H29N5O3. The van der Waals surface area contributed by atoms with Crippen LogP contribution >= 0.6 is 0 Å². The lowest BCUT2D eigenvalue weighted by Gasteiger charge is -2.40. The van der Waals surface area contributed by atoms with Crippen LogP contribution in [0.5, 0.6) is 0 Å². The van der Waals surface area contributed by atoms with Crippen molar-refractivity contribution in [3.63, 3.8) is 0 Å². The van der Waals surface area contributed by atoms with Crippen LogP contribution in [0.25, 0.3) is 0 Å². The summed E-state index contributed by atoms with van der Waals surface area (Å²) in [6, 6.07) is 11.2. The third-order valence-corrected chi connectivity index (χ3v) is 6.58. The van der Waals surface area contributed by atoms with Crippen LogP contribution in [0.1, 0.15) is 53.2 Å². The SMILES string of the molecule is CC1CCN(C(=O)c2cc3n(n2)CC(C)(C(=O)NCc2ccccc2)N(C)C3=O)CC1. The predicted molar refractivity (Wildman–Crippen MR) is 115 cm³/mol. The van der Waals surface area contributed by atoms with Gasteiger partial charge in [0.1, 0.15) is 11.2 Å². The molecule has 3 amide bonds. The Balaban J connectivity index is 1.51. The fourth-order valence-electron chi connectivity index (χ4n) is 4.17. The molecule has 1 fully saturated rings. The van der Waals surface area contributed by atoms with Gasteiger partial charge >= 0.3 is 0 Å². The van der Waals surface area contributed by atoms with E-state index in [0.29, 0.717) is 31.2 Å². The van der Waals surface area contributed by atoms with Crippen LogP contribution in [0.15, 0.2) is 36.4 Å². The summed E-state index contributed by atoms with van der Waals surface area (Å²) < 4.78 is 1.50. The number of hydrogen-bond donors (Lipinski definition) is 1. The maximum absolute atomic E-state index is 13.1. The molecule has 164 valence electrons. The number of likely N-dealkylation sites (tertiary alicyclic amines) is 1. The van der Waals surface area contributed by atoms with E-state index >= 15 is 0 Å². The first kappa shape index (κ1) is 21.1. The number of carbonyl (C=O) groups is 3. The highest BCUT2D eigenvalue weighted by molar-refractivity contribution is 6.01. The number of likely N-dealkylation sites (N-methyl/N-ethyl adjacent to an activating group) is 1. The number of amides is 3. The first-order chi connectivity index (χ1) is 14.8. The van der Waals surface area contributed by atoms with Gasteiger partial charge in [-0.2, -0.15) is 5.10 Å². The lowest BCUT2D eigenvalue weighted by Crippen LogP contribution is -2.62. The molecule has 0 radical (unpaired) electrons. The first-order valence-corrected chi connectivity index (χ1v) is 10.8. The van der Waals surface area contributed by atoms with Gasteiger partial charge in [-0.3, -0.25) is 19.1 Å². The van der Waals surface area contributed by atoms with E-state index in [0.717, 1.165) is 18.4 Å². The average molecular weight is 424 g/mol. The lowest BCUT2D eigenvalue weighted by molar-refractivity contribution is -0.132. The zero-order valence-electron chi connectivity index (χ0n) is 18.3. The van der Waals surface area contributed by atoms with Crippen molar-refractivity contribution in [1.29, 1.82) is 0 Å². The molecule has 2 aliphatic rings. The van der Waals surface area contributed by atoms with Gasteiger partial charge in [0.2, 0.25) is 5.91 Å². The number of fused-ring (bicyclic) bond motifs is 1. The minimum absolute atomic E-state index is 0.153. The fourth-order valence-corrected chi connectivity index (χ4v) is 4.17. The summed E-state index contributed by atoms with van der Waals surface area (Å²) in [6.07, 6.45) is 1.95. The number of aromatic nitrogens is 2. The molecule has 31 heavy (non-hydrogen) atoms. The van der Waals surface area contributed by atoms with E-state index < -0.39 is 5.54 Å². The quantitative estimate of drug-likeness (QED) is 0.814. The average Bonchev–Trinajstić information content (AvgIpc) is 3.20. The smallest absolute Gasteiger partial charge is 0.274 e. The van der Waals surface area contributed by atoms with Crippen molar-refractivity contribution >= 4 is 17.7 Å². The van der Waals surface area contributed by atoms with Gasteiger partial charge in [-0.05, 0) is 31.2 Å². The van der Waals surface area contributed by atoms with Crippen molar-refractivity contribution in [1.82, 2.24) is 24.9 Å².